The highest BCUT2D eigenvalue weighted by Gasteiger charge is 2.25. The summed E-state index contributed by atoms with van der Waals surface area (Å²) in [6, 6.07) is -2.57. The number of thioether (sulfide) groups is 1. The van der Waals surface area contributed by atoms with E-state index in [1.165, 1.54) is 166 Å². The Morgan fingerprint density at radius 3 is 1.13 bits per heavy atom. The van der Waals surface area contributed by atoms with Gasteiger partial charge in [0.05, 0.1) is 19.6 Å². The third-order valence-corrected chi connectivity index (χ3v) is 15.7. The van der Waals surface area contributed by atoms with Crippen LogP contribution in [-0.4, -0.2) is 120 Å². The van der Waals surface area contributed by atoms with Crippen LogP contribution >= 0.6 is 11.8 Å². The maximum absolute atomic E-state index is 13.6. The summed E-state index contributed by atoms with van der Waals surface area (Å²) in [5.74, 6) is -6.63. The monoisotopic (exact) mass is 1180 g/mol. The molecule has 5 amide bonds. The molecule has 0 fully saturated rings. The highest BCUT2D eigenvalue weighted by atomic mass is 32.2. The van der Waals surface area contributed by atoms with Crippen LogP contribution in [0.15, 0.2) is 0 Å². The number of ether oxygens (including phenoxy) is 2. The lowest BCUT2D eigenvalue weighted by Gasteiger charge is -2.21. The summed E-state index contributed by atoms with van der Waals surface area (Å²) in [6.45, 7) is 4.76. The maximum Gasteiger partial charge on any atom is 0.326 e. The van der Waals surface area contributed by atoms with Gasteiger partial charge in [0, 0.05) is 37.2 Å². The molecule has 0 aromatic heterocycles. The molecule has 3 atom stereocenters. The molecule has 82 heavy (non-hydrogen) atoms. The zero-order valence-corrected chi connectivity index (χ0v) is 52.3. The van der Waals surface area contributed by atoms with E-state index in [0.29, 0.717) is 19.3 Å². The Balaban J connectivity index is 5.53. The minimum atomic E-state index is -1.48. The first-order valence-electron chi connectivity index (χ1n) is 32.5. The van der Waals surface area contributed by atoms with Crippen molar-refractivity contribution in [1.82, 2.24) is 26.6 Å². The maximum atomic E-state index is 13.6. The lowest BCUT2D eigenvalue weighted by atomic mass is 10.0. The predicted octanol–water partition coefficient (Wildman–Crippen LogP) is 12.1. The number of amides is 5. The molecule has 0 bridgehead atoms. The molecule has 0 heterocycles. The molecule has 0 aliphatic carbocycles. The van der Waals surface area contributed by atoms with Gasteiger partial charge in [-0.25, -0.2) is 4.79 Å². The normalized spacial score (nSPS) is 12.2. The van der Waals surface area contributed by atoms with Gasteiger partial charge in [0.1, 0.15) is 24.8 Å². The Bertz CT molecular complexity index is 1690. The van der Waals surface area contributed by atoms with E-state index in [4.69, 9.17) is 14.6 Å². The topological polar surface area (TPSA) is 273 Å². The van der Waals surface area contributed by atoms with E-state index in [9.17, 15) is 48.3 Å². The van der Waals surface area contributed by atoms with Gasteiger partial charge in [0.15, 0.2) is 0 Å². The van der Waals surface area contributed by atoms with Crippen LogP contribution in [0.4, 0.5) is 0 Å². The van der Waals surface area contributed by atoms with Crippen LogP contribution in [0.1, 0.15) is 290 Å². The van der Waals surface area contributed by atoms with Crippen molar-refractivity contribution in [3.63, 3.8) is 0 Å². The molecular weight excluding hydrogens is 1070 g/mol. The van der Waals surface area contributed by atoms with Gasteiger partial charge in [0.2, 0.25) is 29.5 Å². The second-order valence-corrected chi connectivity index (χ2v) is 23.5. The van der Waals surface area contributed by atoms with Gasteiger partial charge in [-0.2, -0.15) is 11.8 Å². The summed E-state index contributed by atoms with van der Waals surface area (Å²) in [7, 11) is 0. The number of nitrogens with one attached hydrogen (secondary N) is 5. The molecule has 7 N–H and O–H groups in total. The van der Waals surface area contributed by atoms with Crippen LogP contribution in [0, 0.1) is 0 Å². The third-order valence-electron chi connectivity index (χ3n) is 14.5. The van der Waals surface area contributed by atoms with Crippen molar-refractivity contribution in [2.45, 2.75) is 309 Å². The first-order valence-corrected chi connectivity index (χ1v) is 33.6. The summed E-state index contributed by atoms with van der Waals surface area (Å²) in [6.07, 6.45) is 42.1. The molecular formula is C63H115N5O13S. The molecule has 0 aliphatic heterocycles. The van der Waals surface area contributed by atoms with Crippen LogP contribution in [0.3, 0.4) is 0 Å². The van der Waals surface area contributed by atoms with Crippen molar-refractivity contribution in [3.8, 4) is 0 Å². The van der Waals surface area contributed by atoms with Gasteiger partial charge in [-0.05, 0) is 25.7 Å². The zero-order valence-electron chi connectivity index (χ0n) is 51.5. The smallest absolute Gasteiger partial charge is 0.326 e. The summed E-state index contributed by atoms with van der Waals surface area (Å²) < 4.78 is 11.6. The third kappa shape index (κ3) is 52.4. The average molecular weight is 1180 g/mol. The predicted molar refractivity (Wildman–Crippen MR) is 327 cm³/mol. The van der Waals surface area contributed by atoms with Crippen molar-refractivity contribution in [3.05, 3.63) is 0 Å². The van der Waals surface area contributed by atoms with Gasteiger partial charge in [-0.1, -0.05) is 239 Å². The highest BCUT2D eigenvalue weighted by molar-refractivity contribution is 7.99. The summed E-state index contributed by atoms with van der Waals surface area (Å²) in [4.78, 5) is 113. The number of hydrogen-bond donors (Lipinski definition) is 7. The van der Waals surface area contributed by atoms with Gasteiger partial charge in [-0.15, -0.1) is 0 Å². The lowest BCUT2D eigenvalue weighted by molar-refractivity contribution is -0.157. The lowest BCUT2D eigenvalue weighted by Crippen LogP contribution is -2.51. The Kier molecular flexibility index (Phi) is 54.0. The summed E-state index contributed by atoms with van der Waals surface area (Å²) in [5, 5.41) is 30.2. The second kappa shape index (κ2) is 57.0. The minimum Gasteiger partial charge on any atom is -0.481 e. The van der Waals surface area contributed by atoms with E-state index in [0.717, 1.165) is 64.2 Å². The number of aliphatic carboxylic acids is 2. The van der Waals surface area contributed by atoms with Crippen molar-refractivity contribution < 1.29 is 62.8 Å². The van der Waals surface area contributed by atoms with Crippen LogP contribution < -0.4 is 26.6 Å². The van der Waals surface area contributed by atoms with E-state index in [1.807, 2.05) is 0 Å². The Morgan fingerprint density at radius 2 is 0.732 bits per heavy atom. The van der Waals surface area contributed by atoms with E-state index < -0.39 is 85.8 Å². The van der Waals surface area contributed by atoms with Crippen molar-refractivity contribution in [1.29, 1.82) is 0 Å². The number of hydrogen-bond acceptors (Lipinski definition) is 12. The number of carboxylic acids is 2. The van der Waals surface area contributed by atoms with E-state index in [2.05, 4.69) is 47.4 Å². The Hall–Kier alpha value is -4.42. The number of unbranched alkanes of at least 4 members (excludes halogenated alkanes) is 34. The first-order chi connectivity index (χ1) is 39.7. The molecule has 0 saturated heterocycles. The standard InChI is InChI=1S/C63H115N5O13S/c1-4-7-10-13-16-19-22-24-27-30-33-36-39-42-60(75)80-49-52(81-61(76)43-40-37-34-31-28-25-23-20-17-14-11-8-5-2)50-82-51-54(68-55(69)41-38-35-32-29-26-21-18-15-12-9-6-3)62(77)66-47-57(71)64-46-56(70)65-48-58(72)67-53(63(78)79)44-45-59(73)74/h52-54H,4-51H2,1-3H3,(H,64,71)(H,65,70)(H,66,77)(H,67,72)(H,68,69)(H,73,74)(H,78,79)/t52-,53?,54+/m1/s1. The molecule has 0 aromatic carbocycles. The number of esters is 2. The van der Waals surface area contributed by atoms with Gasteiger partial charge >= 0.3 is 23.9 Å². The fourth-order valence-electron chi connectivity index (χ4n) is 9.45. The molecule has 0 saturated carbocycles. The molecule has 1 unspecified atom stereocenters. The molecule has 18 nitrogen and oxygen atoms in total. The molecule has 476 valence electrons. The fraction of sp³-hybridized carbons (Fsp3) is 0.857. The second-order valence-electron chi connectivity index (χ2n) is 22.4. The quantitative estimate of drug-likeness (QED) is 0.0220. The molecule has 0 radical (unpaired) electrons. The van der Waals surface area contributed by atoms with Gasteiger partial charge in [0.25, 0.3) is 0 Å². The zero-order chi connectivity index (χ0) is 60.5. The molecule has 0 rings (SSSR count). The van der Waals surface area contributed by atoms with Crippen molar-refractivity contribution in [2.24, 2.45) is 0 Å². The van der Waals surface area contributed by atoms with Crippen LogP contribution in [0.5, 0.6) is 0 Å². The van der Waals surface area contributed by atoms with E-state index >= 15 is 0 Å². The van der Waals surface area contributed by atoms with Crippen molar-refractivity contribution in [2.75, 3.05) is 37.7 Å². The number of carbonyl (C=O) groups is 9. The van der Waals surface area contributed by atoms with E-state index in [1.54, 1.807) is 0 Å². The van der Waals surface area contributed by atoms with Gasteiger partial charge < -0.3 is 46.3 Å². The Labute approximate surface area is 499 Å². The minimum absolute atomic E-state index is 0.0424. The van der Waals surface area contributed by atoms with Crippen LogP contribution in [-0.2, 0) is 52.6 Å². The molecule has 19 heteroatoms. The Morgan fingerprint density at radius 1 is 0.378 bits per heavy atom. The van der Waals surface area contributed by atoms with Crippen molar-refractivity contribution >= 4 is 65.2 Å². The first kappa shape index (κ1) is 77.6. The molecule has 0 aromatic rings. The highest BCUT2D eigenvalue weighted by Crippen LogP contribution is 2.18. The number of rotatable bonds is 60. The van der Waals surface area contributed by atoms with E-state index in [-0.39, 0.29) is 55.7 Å². The average Bonchev–Trinajstić information content (AvgIpc) is 3.46. The molecule has 0 aliphatic rings. The fourth-order valence-corrected chi connectivity index (χ4v) is 10.5. The van der Waals surface area contributed by atoms with Gasteiger partial charge in [-0.3, -0.25) is 38.4 Å². The molecule has 0 spiro atoms. The number of carboxylic acid groups (broad SMARTS) is 2. The van der Waals surface area contributed by atoms with Crippen LogP contribution in [0.25, 0.3) is 0 Å². The van der Waals surface area contributed by atoms with Crippen LogP contribution in [0.2, 0.25) is 0 Å². The summed E-state index contributed by atoms with van der Waals surface area (Å²) in [5.41, 5.74) is 0. The SMILES string of the molecule is CCCCCCCCCCCCCCCC(=O)OC[C@H](CSC[C@H](NC(=O)CCCCCCCCCCCCC)C(=O)NCC(=O)NCC(=O)NCC(=O)NC(CCC(=O)O)C(=O)O)OC(=O)CCCCCCCCCCCCCCC. The summed E-state index contributed by atoms with van der Waals surface area (Å²) >= 11 is 1.24. The number of carbonyl (C=O) groups excluding carboxylic acids is 7. The largest absolute Gasteiger partial charge is 0.481 e.